The Morgan fingerprint density at radius 1 is 1.20 bits per heavy atom. The number of nitrogens with one attached hydrogen (secondary N) is 1. The highest BCUT2D eigenvalue weighted by molar-refractivity contribution is 9.10. The molecule has 2 aromatic rings. The van der Waals surface area contributed by atoms with Gasteiger partial charge in [0.05, 0.1) is 6.20 Å². The lowest BCUT2D eigenvalue weighted by Crippen LogP contribution is -2.14. The molecule has 1 aromatic carbocycles. The Balaban J connectivity index is 1.92. The minimum atomic E-state index is 0.955. The molecule has 0 saturated carbocycles. The maximum Gasteiger partial charge on any atom is 0.124 e. The fraction of sp³-hybridized carbons (Fsp3) is 0.182. The van der Waals surface area contributed by atoms with E-state index in [1.54, 1.807) is 6.20 Å². The molecule has 4 heteroatoms. The Labute approximate surface area is 96.2 Å². The molecule has 0 saturated heterocycles. The lowest BCUT2D eigenvalue weighted by atomic mass is 10.1. The van der Waals surface area contributed by atoms with Crippen LogP contribution in [0.3, 0.4) is 0 Å². The maximum atomic E-state index is 3.97. The van der Waals surface area contributed by atoms with Crippen LogP contribution in [0.4, 0.5) is 5.82 Å². The largest absolute Gasteiger partial charge is 0.348 e. The van der Waals surface area contributed by atoms with Crippen LogP contribution < -0.4 is 4.90 Å². The first-order chi connectivity index (χ1) is 7.33. The van der Waals surface area contributed by atoms with Crippen LogP contribution >= 0.6 is 15.9 Å². The first-order valence-electron chi connectivity index (χ1n) is 4.84. The number of hydrogen-bond donors (Lipinski definition) is 1. The molecule has 0 spiro atoms. The van der Waals surface area contributed by atoms with Crippen molar-refractivity contribution in [3.8, 4) is 0 Å². The van der Waals surface area contributed by atoms with Crippen molar-refractivity contribution in [3.63, 3.8) is 0 Å². The summed E-state index contributed by atoms with van der Waals surface area (Å²) in [6.45, 7) is 1.92. The SMILES string of the molecule is Brc1ccc2c(c1)CN(c1ccn[nH]1)C2. The monoisotopic (exact) mass is 263 g/mol. The summed E-state index contributed by atoms with van der Waals surface area (Å²) in [5.74, 6) is 1.09. The quantitative estimate of drug-likeness (QED) is 0.858. The molecule has 0 atom stereocenters. The summed E-state index contributed by atoms with van der Waals surface area (Å²) >= 11 is 3.49. The second-order valence-corrected chi connectivity index (χ2v) is 4.63. The van der Waals surface area contributed by atoms with Crippen LogP contribution in [-0.4, -0.2) is 10.2 Å². The second-order valence-electron chi connectivity index (χ2n) is 3.71. The van der Waals surface area contributed by atoms with E-state index in [1.165, 1.54) is 11.1 Å². The topological polar surface area (TPSA) is 31.9 Å². The van der Waals surface area contributed by atoms with Crippen molar-refractivity contribution >= 4 is 21.7 Å². The van der Waals surface area contributed by atoms with Gasteiger partial charge in [0.25, 0.3) is 0 Å². The predicted octanol–water partition coefficient (Wildman–Crippen LogP) is 2.69. The number of halogens is 1. The molecule has 1 aromatic heterocycles. The van der Waals surface area contributed by atoms with Crippen molar-refractivity contribution in [2.45, 2.75) is 13.1 Å². The predicted molar refractivity (Wildman–Crippen MR) is 62.6 cm³/mol. The van der Waals surface area contributed by atoms with Crippen molar-refractivity contribution in [1.82, 2.24) is 10.2 Å². The summed E-state index contributed by atoms with van der Waals surface area (Å²) in [6, 6.07) is 8.46. The van der Waals surface area contributed by atoms with E-state index in [-0.39, 0.29) is 0 Å². The third-order valence-electron chi connectivity index (χ3n) is 2.72. The highest BCUT2D eigenvalue weighted by Gasteiger charge is 2.19. The minimum absolute atomic E-state index is 0.955. The van der Waals surface area contributed by atoms with Crippen LogP contribution in [0.2, 0.25) is 0 Å². The minimum Gasteiger partial charge on any atom is -0.348 e. The van der Waals surface area contributed by atoms with E-state index in [2.05, 4.69) is 49.2 Å². The van der Waals surface area contributed by atoms with Crippen LogP contribution in [0.5, 0.6) is 0 Å². The molecule has 2 heterocycles. The van der Waals surface area contributed by atoms with Crippen molar-refractivity contribution < 1.29 is 0 Å². The van der Waals surface area contributed by atoms with Crippen molar-refractivity contribution in [2.24, 2.45) is 0 Å². The molecule has 0 bridgehead atoms. The van der Waals surface area contributed by atoms with Crippen LogP contribution in [-0.2, 0) is 13.1 Å². The van der Waals surface area contributed by atoms with Crippen molar-refractivity contribution in [1.29, 1.82) is 0 Å². The summed E-state index contributed by atoms with van der Waals surface area (Å²) in [4.78, 5) is 2.28. The number of H-pyrrole nitrogens is 1. The van der Waals surface area contributed by atoms with Gasteiger partial charge in [0.15, 0.2) is 0 Å². The summed E-state index contributed by atoms with van der Waals surface area (Å²) in [6.07, 6.45) is 1.79. The molecule has 0 unspecified atom stereocenters. The molecular weight excluding hydrogens is 254 g/mol. The normalized spacial score (nSPS) is 14.3. The number of aromatic amines is 1. The Morgan fingerprint density at radius 2 is 2.07 bits per heavy atom. The van der Waals surface area contributed by atoms with E-state index in [4.69, 9.17) is 0 Å². The number of fused-ring (bicyclic) bond motifs is 1. The Morgan fingerprint density at radius 3 is 2.87 bits per heavy atom. The third kappa shape index (κ3) is 1.55. The van der Waals surface area contributed by atoms with E-state index < -0.39 is 0 Å². The van der Waals surface area contributed by atoms with Gasteiger partial charge in [0, 0.05) is 23.6 Å². The van der Waals surface area contributed by atoms with E-state index >= 15 is 0 Å². The Kier molecular flexibility index (Phi) is 2.02. The van der Waals surface area contributed by atoms with E-state index in [0.29, 0.717) is 0 Å². The molecule has 1 aliphatic heterocycles. The third-order valence-corrected chi connectivity index (χ3v) is 3.21. The lowest BCUT2D eigenvalue weighted by Gasteiger charge is -2.13. The molecule has 1 N–H and O–H groups in total. The van der Waals surface area contributed by atoms with Gasteiger partial charge in [-0.25, -0.2) is 0 Å². The van der Waals surface area contributed by atoms with Crippen LogP contribution in [0.15, 0.2) is 34.9 Å². The van der Waals surface area contributed by atoms with Gasteiger partial charge in [-0.1, -0.05) is 22.0 Å². The summed E-state index contributed by atoms with van der Waals surface area (Å²) < 4.78 is 1.15. The van der Waals surface area contributed by atoms with Crippen LogP contribution in [0, 0.1) is 0 Å². The zero-order valence-corrected chi connectivity index (χ0v) is 9.66. The molecule has 15 heavy (non-hydrogen) atoms. The van der Waals surface area contributed by atoms with Gasteiger partial charge >= 0.3 is 0 Å². The van der Waals surface area contributed by atoms with Gasteiger partial charge in [0.2, 0.25) is 0 Å². The highest BCUT2D eigenvalue weighted by atomic mass is 79.9. The van der Waals surface area contributed by atoms with E-state index in [0.717, 1.165) is 23.4 Å². The Bertz CT molecular complexity index is 479. The second kappa shape index (κ2) is 3.38. The van der Waals surface area contributed by atoms with E-state index in [1.807, 2.05) is 6.07 Å². The Hall–Kier alpha value is -1.29. The molecule has 0 aliphatic carbocycles. The molecule has 3 nitrogen and oxygen atoms in total. The first kappa shape index (κ1) is 8.97. The molecule has 0 radical (unpaired) electrons. The molecule has 0 fully saturated rings. The smallest absolute Gasteiger partial charge is 0.124 e. The van der Waals surface area contributed by atoms with Gasteiger partial charge in [-0.2, -0.15) is 5.10 Å². The van der Waals surface area contributed by atoms with Crippen LogP contribution in [0.25, 0.3) is 0 Å². The standard InChI is InChI=1S/C11H10BrN3/c12-10-2-1-8-6-15(7-9(8)5-10)11-3-4-13-14-11/h1-5H,6-7H2,(H,13,14). The number of benzene rings is 1. The fourth-order valence-electron chi connectivity index (χ4n) is 1.96. The number of anilines is 1. The summed E-state index contributed by atoms with van der Waals surface area (Å²) in [5.41, 5.74) is 2.78. The van der Waals surface area contributed by atoms with E-state index in [9.17, 15) is 0 Å². The van der Waals surface area contributed by atoms with Crippen molar-refractivity contribution in [3.05, 3.63) is 46.1 Å². The van der Waals surface area contributed by atoms with Crippen LogP contribution in [0.1, 0.15) is 11.1 Å². The van der Waals surface area contributed by atoms with Gasteiger partial charge in [-0.05, 0) is 23.3 Å². The summed E-state index contributed by atoms with van der Waals surface area (Å²) in [5, 5.41) is 6.96. The van der Waals surface area contributed by atoms with Gasteiger partial charge in [0.1, 0.15) is 5.82 Å². The van der Waals surface area contributed by atoms with Gasteiger partial charge in [-0.15, -0.1) is 0 Å². The molecule has 0 amide bonds. The average molecular weight is 264 g/mol. The molecular formula is C11H10BrN3. The average Bonchev–Trinajstić information content (AvgIpc) is 2.84. The maximum absolute atomic E-state index is 3.97. The molecule has 1 aliphatic rings. The summed E-state index contributed by atoms with van der Waals surface area (Å²) in [7, 11) is 0. The lowest BCUT2D eigenvalue weighted by molar-refractivity contribution is 0.848. The number of nitrogens with zero attached hydrogens (tertiary/aromatic N) is 2. The zero-order valence-electron chi connectivity index (χ0n) is 8.07. The first-order valence-corrected chi connectivity index (χ1v) is 5.64. The van der Waals surface area contributed by atoms with Crippen molar-refractivity contribution in [2.75, 3.05) is 4.90 Å². The molecule has 76 valence electrons. The van der Waals surface area contributed by atoms with Gasteiger partial charge < -0.3 is 4.90 Å². The number of rotatable bonds is 1. The highest BCUT2D eigenvalue weighted by Crippen LogP contribution is 2.28. The number of hydrogen-bond acceptors (Lipinski definition) is 2. The zero-order chi connectivity index (χ0) is 10.3. The fourth-order valence-corrected chi connectivity index (χ4v) is 2.37. The van der Waals surface area contributed by atoms with Gasteiger partial charge in [-0.3, -0.25) is 5.10 Å². The molecule has 3 rings (SSSR count). The number of aromatic nitrogens is 2.